The Morgan fingerprint density at radius 1 is 0.431 bits per heavy atom. The smallest absolute Gasteiger partial charge is 0.160 e. The molecule has 0 aliphatic heterocycles. The fraction of sp³-hybridized carbons (Fsp3) is 0.0417. The second-order valence-corrected chi connectivity index (χ2v) is 13.5. The summed E-state index contributed by atoms with van der Waals surface area (Å²) in [5.74, 6) is 0.703. The molecule has 2 aromatic heterocycles. The molecule has 51 heavy (non-hydrogen) atoms. The van der Waals surface area contributed by atoms with E-state index in [1.165, 1.54) is 27.8 Å². The lowest BCUT2D eigenvalue weighted by molar-refractivity contribution is 0.670. The Balaban J connectivity index is 1.05. The number of nitrogens with zero attached hydrogens (tertiary/aromatic N) is 2. The van der Waals surface area contributed by atoms with E-state index >= 15 is 0 Å². The van der Waals surface area contributed by atoms with Crippen molar-refractivity contribution in [3.8, 4) is 56.2 Å². The lowest BCUT2D eigenvalue weighted by Crippen LogP contribution is -2.22. The van der Waals surface area contributed by atoms with E-state index < -0.39 is 0 Å². The number of rotatable bonds is 5. The molecule has 0 bridgehead atoms. The Hall–Kier alpha value is -6.58. The van der Waals surface area contributed by atoms with Crippen LogP contribution >= 0.6 is 0 Å². The molecular weight excluding hydrogens is 621 g/mol. The van der Waals surface area contributed by atoms with Gasteiger partial charge in [0.1, 0.15) is 11.2 Å². The zero-order valence-electron chi connectivity index (χ0n) is 28.0. The number of para-hydroxylation sites is 2. The van der Waals surface area contributed by atoms with E-state index in [2.05, 4.69) is 153 Å². The monoisotopic (exact) mass is 652 g/mol. The fourth-order valence-electron chi connectivity index (χ4n) is 7.99. The Bertz CT molecular complexity index is 2700. The van der Waals surface area contributed by atoms with Gasteiger partial charge in [-0.3, -0.25) is 0 Å². The number of aromatic nitrogens is 2. The summed E-state index contributed by atoms with van der Waals surface area (Å²) < 4.78 is 6.34. The summed E-state index contributed by atoms with van der Waals surface area (Å²) in [6.07, 6.45) is 0. The molecule has 3 nitrogen and oxygen atoms in total. The van der Waals surface area contributed by atoms with Crippen molar-refractivity contribution in [1.82, 2.24) is 9.97 Å². The van der Waals surface area contributed by atoms with Crippen LogP contribution in [0.25, 0.3) is 78.1 Å². The van der Waals surface area contributed by atoms with Crippen LogP contribution in [0.1, 0.15) is 23.6 Å². The molecule has 1 aliphatic rings. The standard InChI is InChI=1S/C48H32N2O/c1-48(41-19-8-5-14-37(41)38-15-6-9-20-42(38)48)35-28-26-33(27-29-35)44-30-43(49-47(50-44)34-12-3-2-4-13-34)32-24-22-31(23-25-32)36-17-11-18-40-39-16-7-10-21-45(39)51-46(36)40/h2-30H,1H3. The maximum absolute atomic E-state index is 6.34. The topological polar surface area (TPSA) is 38.9 Å². The molecule has 240 valence electrons. The third kappa shape index (κ3) is 4.66. The van der Waals surface area contributed by atoms with E-state index in [-0.39, 0.29) is 5.41 Å². The lowest BCUT2D eigenvalue weighted by atomic mass is 9.74. The molecule has 1 aliphatic carbocycles. The molecule has 9 aromatic rings. The molecule has 0 spiro atoms. The molecule has 2 heterocycles. The van der Waals surface area contributed by atoms with Crippen LogP contribution in [0, 0.1) is 0 Å². The third-order valence-corrected chi connectivity index (χ3v) is 10.6. The van der Waals surface area contributed by atoms with Crippen molar-refractivity contribution >= 4 is 21.9 Å². The quantitative estimate of drug-likeness (QED) is 0.186. The van der Waals surface area contributed by atoms with Gasteiger partial charge in [0.2, 0.25) is 0 Å². The summed E-state index contributed by atoms with van der Waals surface area (Å²) in [5, 5.41) is 2.26. The largest absolute Gasteiger partial charge is 0.455 e. The SMILES string of the molecule is CC1(c2ccc(-c3cc(-c4ccc(-c5cccc6c5oc5ccccc56)cc4)nc(-c4ccccc4)n3)cc2)c2ccccc2-c2ccccc21. The summed E-state index contributed by atoms with van der Waals surface area (Å²) in [6, 6.07) is 62.1. The van der Waals surface area contributed by atoms with Crippen LogP contribution in [-0.4, -0.2) is 9.97 Å². The summed E-state index contributed by atoms with van der Waals surface area (Å²) in [5.41, 5.74) is 15.1. The first-order valence-corrected chi connectivity index (χ1v) is 17.4. The molecule has 3 heteroatoms. The van der Waals surface area contributed by atoms with Crippen molar-refractivity contribution in [3.05, 3.63) is 193 Å². The summed E-state index contributed by atoms with van der Waals surface area (Å²) >= 11 is 0. The van der Waals surface area contributed by atoms with Gasteiger partial charge in [0, 0.05) is 38.4 Å². The molecular formula is C48H32N2O. The van der Waals surface area contributed by atoms with Crippen LogP contribution in [0.15, 0.2) is 180 Å². The minimum Gasteiger partial charge on any atom is -0.455 e. The number of hydrogen-bond donors (Lipinski definition) is 0. The number of fused-ring (bicyclic) bond motifs is 6. The minimum atomic E-state index is -0.244. The zero-order valence-corrected chi connectivity index (χ0v) is 28.0. The Morgan fingerprint density at radius 3 is 1.65 bits per heavy atom. The number of hydrogen-bond acceptors (Lipinski definition) is 3. The summed E-state index contributed by atoms with van der Waals surface area (Å²) in [6.45, 7) is 2.35. The highest BCUT2D eigenvalue weighted by molar-refractivity contribution is 6.09. The van der Waals surface area contributed by atoms with Crippen molar-refractivity contribution in [2.75, 3.05) is 0 Å². The van der Waals surface area contributed by atoms with Crippen LogP contribution in [0.2, 0.25) is 0 Å². The highest BCUT2D eigenvalue weighted by Gasteiger charge is 2.40. The van der Waals surface area contributed by atoms with Crippen molar-refractivity contribution in [1.29, 1.82) is 0 Å². The second kappa shape index (κ2) is 11.5. The van der Waals surface area contributed by atoms with Crippen molar-refractivity contribution in [2.24, 2.45) is 0 Å². The average molecular weight is 653 g/mol. The van der Waals surface area contributed by atoms with Crippen LogP contribution in [0.3, 0.4) is 0 Å². The van der Waals surface area contributed by atoms with Crippen LogP contribution in [-0.2, 0) is 5.41 Å². The first kappa shape index (κ1) is 29.3. The van der Waals surface area contributed by atoms with Gasteiger partial charge in [-0.25, -0.2) is 9.97 Å². The van der Waals surface area contributed by atoms with E-state index in [0.717, 1.165) is 61.1 Å². The van der Waals surface area contributed by atoms with Crippen molar-refractivity contribution < 1.29 is 4.42 Å². The third-order valence-electron chi connectivity index (χ3n) is 10.6. The van der Waals surface area contributed by atoms with E-state index in [0.29, 0.717) is 5.82 Å². The van der Waals surface area contributed by atoms with E-state index in [4.69, 9.17) is 14.4 Å². The highest BCUT2D eigenvalue weighted by atomic mass is 16.3. The number of furan rings is 1. The van der Waals surface area contributed by atoms with E-state index in [1.807, 2.05) is 30.3 Å². The zero-order chi connectivity index (χ0) is 33.9. The van der Waals surface area contributed by atoms with Gasteiger partial charge in [0.25, 0.3) is 0 Å². The normalized spacial score (nSPS) is 13.0. The molecule has 0 unspecified atom stereocenters. The minimum absolute atomic E-state index is 0.244. The van der Waals surface area contributed by atoms with Gasteiger partial charge in [-0.2, -0.15) is 0 Å². The molecule has 0 radical (unpaired) electrons. The predicted molar refractivity (Wildman–Crippen MR) is 208 cm³/mol. The van der Waals surface area contributed by atoms with Crippen molar-refractivity contribution in [2.45, 2.75) is 12.3 Å². The van der Waals surface area contributed by atoms with Crippen LogP contribution in [0.4, 0.5) is 0 Å². The van der Waals surface area contributed by atoms with E-state index in [9.17, 15) is 0 Å². The Kier molecular flexibility index (Phi) is 6.62. The molecule has 0 saturated carbocycles. The Labute approximate surface area is 296 Å². The maximum Gasteiger partial charge on any atom is 0.160 e. The van der Waals surface area contributed by atoms with Crippen LogP contribution in [0.5, 0.6) is 0 Å². The highest BCUT2D eigenvalue weighted by Crippen LogP contribution is 2.52. The molecule has 7 aromatic carbocycles. The second-order valence-electron chi connectivity index (χ2n) is 13.5. The molecule has 0 amide bonds. The first-order valence-electron chi connectivity index (χ1n) is 17.4. The Morgan fingerprint density at radius 2 is 0.961 bits per heavy atom. The molecule has 10 rings (SSSR count). The van der Waals surface area contributed by atoms with Gasteiger partial charge in [0.15, 0.2) is 5.82 Å². The van der Waals surface area contributed by atoms with Gasteiger partial charge < -0.3 is 4.42 Å². The van der Waals surface area contributed by atoms with Gasteiger partial charge in [-0.15, -0.1) is 0 Å². The molecule has 0 N–H and O–H groups in total. The molecule has 0 fully saturated rings. The van der Waals surface area contributed by atoms with Crippen molar-refractivity contribution in [3.63, 3.8) is 0 Å². The summed E-state index contributed by atoms with van der Waals surface area (Å²) in [4.78, 5) is 10.2. The lowest BCUT2D eigenvalue weighted by Gasteiger charge is -2.28. The van der Waals surface area contributed by atoms with Gasteiger partial charge in [-0.1, -0.05) is 164 Å². The van der Waals surface area contributed by atoms with Gasteiger partial charge >= 0.3 is 0 Å². The van der Waals surface area contributed by atoms with E-state index in [1.54, 1.807) is 0 Å². The average Bonchev–Trinajstić information content (AvgIpc) is 3.72. The molecule has 0 atom stereocenters. The maximum atomic E-state index is 6.34. The van der Waals surface area contributed by atoms with Gasteiger partial charge in [-0.05, 0) is 52.4 Å². The number of benzene rings is 7. The fourth-order valence-corrected chi connectivity index (χ4v) is 7.99. The van der Waals surface area contributed by atoms with Crippen LogP contribution < -0.4 is 0 Å². The predicted octanol–water partition coefficient (Wildman–Crippen LogP) is 12.4. The summed E-state index contributed by atoms with van der Waals surface area (Å²) in [7, 11) is 0. The first-order chi connectivity index (χ1) is 25.1. The van der Waals surface area contributed by atoms with Gasteiger partial charge in [0.05, 0.1) is 11.4 Å². The molecule has 0 saturated heterocycles.